The van der Waals surface area contributed by atoms with Crippen molar-refractivity contribution in [1.82, 2.24) is 4.90 Å². The molecule has 1 aliphatic rings. The van der Waals surface area contributed by atoms with Crippen LogP contribution in [0.5, 0.6) is 5.75 Å². The summed E-state index contributed by atoms with van der Waals surface area (Å²) in [6.45, 7) is 2.09. The van der Waals surface area contributed by atoms with E-state index in [1.54, 1.807) is 54.6 Å². The van der Waals surface area contributed by atoms with Crippen molar-refractivity contribution in [2.45, 2.75) is 6.92 Å². The minimum Gasteiger partial charge on any atom is -0.494 e. The molecule has 1 aliphatic heterocycles. The molecule has 0 radical (unpaired) electrons. The maximum absolute atomic E-state index is 13.5. The van der Waals surface area contributed by atoms with Gasteiger partial charge in [0, 0.05) is 10.7 Å². The maximum Gasteiger partial charge on any atom is 0.263 e. The van der Waals surface area contributed by atoms with Gasteiger partial charge in [0.05, 0.1) is 28.3 Å². The summed E-state index contributed by atoms with van der Waals surface area (Å²) in [7, 11) is 0. The van der Waals surface area contributed by atoms with E-state index >= 15 is 0 Å². The number of anilines is 1. The number of hydrogen-bond donors (Lipinski definition) is 0. The third kappa shape index (κ3) is 4.07. The summed E-state index contributed by atoms with van der Waals surface area (Å²) in [6.07, 6.45) is 0. The molecule has 0 N–H and O–H groups in total. The lowest BCUT2D eigenvalue weighted by molar-refractivity contribution is 0.0650. The number of carbonyl (C=O) groups is 3. The number of rotatable bonds is 6. The zero-order chi connectivity index (χ0) is 22.8. The lowest BCUT2D eigenvalue weighted by Crippen LogP contribution is -2.44. The lowest BCUT2D eigenvalue weighted by Gasteiger charge is -2.27. The first kappa shape index (κ1) is 21.9. The first-order chi connectivity index (χ1) is 15.4. The molecule has 0 saturated carbocycles. The summed E-state index contributed by atoms with van der Waals surface area (Å²) in [4.78, 5) is 41.6. The highest BCUT2D eigenvalue weighted by Crippen LogP contribution is 2.29. The number of benzene rings is 3. The van der Waals surface area contributed by atoms with Crippen molar-refractivity contribution in [2.75, 3.05) is 18.2 Å². The summed E-state index contributed by atoms with van der Waals surface area (Å²) < 4.78 is 5.47. The number of halogens is 2. The van der Waals surface area contributed by atoms with Crippen molar-refractivity contribution in [3.63, 3.8) is 0 Å². The topological polar surface area (TPSA) is 66.9 Å². The van der Waals surface area contributed by atoms with Crippen LogP contribution in [0.2, 0.25) is 10.0 Å². The first-order valence-corrected chi connectivity index (χ1v) is 10.6. The maximum atomic E-state index is 13.5. The molecule has 32 heavy (non-hydrogen) atoms. The van der Waals surface area contributed by atoms with E-state index in [1.165, 1.54) is 17.0 Å². The molecule has 0 unspecified atom stereocenters. The Balaban J connectivity index is 1.72. The number of fused-ring (bicyclic) bond motifs is 1. The van der Waals surface area contributed by atoms with E-state index in [9.17, 15) is 14.4 Å². The van der Waals surface area contributed by atoms with Crippen molar-refractivity contribution in [2.24, 2.45) is 0 Å². The van der Waals surface area contributed by atoms with Crippen LogP contribution < -0.4 is 9.64 Å². The Morgan fingerprint density at radius 3 is 2.12 bits per heavy atom. The average Bonchev–Trinajstić information content (AvgIpc) is 3.03. The highest BCUT2D eigenvalue weighted by Gasteiger charge is 2.37. The van der Waals surface area contributed by atoms with E-state index in [1.807, 2.05) is 6.92 Å². The van der Waals surface area contributed by atoms with Gasteiger partial charge in [-0.3, -0.25) is 24.2 Å². The Hall–Kier alpha value is -3.35. The Morgan fingerprint density at radius 1 is 0.938 bits per heavy atom. The minimum atomic E-state index is -0.479. The van der Waals surface area contributed by atoms with Crippen LogP contribution in [0.1, 0.15) is 38.0 Å². The normalized spacial score (nSPS) is 12.7. The van der Waals surface area contributed by atoms with Gasteiger partial charge in [-0.15, -0.1) is 0 Å². The molecule has 162 valence electrons. The summed E-state index contributed by atoms with van der Waals surface area (Å²) in [5, 5.41) is 0.556. The molecule has 8 heteroatoms. The van der Waals surface area contributed by atoms with Crippen LogP contribution in [0.3, 0.4) is 0 Å². The molecule has 3 amide bonds. The molecular weight excluding hydrogens is 451 g/mol. The fourth-order valence-electron chi connectivity index (χ4n) is 3.47. The second-order valence-electron chi connectivity index (χ2n) is 7.01. The van der Waals surface area contributed by atoms with Crippen LogP contribution in [0.25, 0.3) is 0 Å². The first-order valence-electron chi connectivity index (χ1n) is 9.85. The number of amides is 3. The molecule has 4 rings (SSSR count). The Morgan fingerprint density at radius 2 is 1.56 bits per heavy atom. The Labute approximate surface area is 194 Å². The van der Waals surface area contributed by atoms with E-state index < -0.39 is 17.7 Å². The van der Waals surface area contributed by atoms with Gasteiger partial charge in [0.15, 0.2) is 0 Å². The number of ether oxygens (including phenoxy) is 1. The molecule has 3 aromatic rings. The molecule has 3 aromatic carbocycles. The van der Waals surface area contributed by atoms with E-state index in [0.717, 1.165) is 4.90 Å². The Kier molecular flexibility index (Phi) is 6.17. The van der Waals surface area contributed by atoms with E-state index in [2.05, 4.69) is 0 Å². The number of imide groups is 1. The fourth-order valence-corrected chi connectivity index (χ4v) is 3.96. The summed E-state index contributed by atoms with van der Waals surface area (Å²) in [5.41, 5.74) is 1.28. The number of hydrogen-bond acceptors (Lipinski definition) is 4. The fraction of sp³-hybridized carbons (Fsp3) is 0.125. The van der Waals surface area contributed by atoms with Gasteiger partial charge in [-0.05, 0) is 61.5 Å². The molecular formula is C24H18Cl2N2O4. The van der Waals surface area contributed by atoms with Gasteiger partial charge in [-0.2, -0.15) is 0 Å². The molecule has 6 nitrogen and oxygen atoms in total. The van der Waals surface area contributed by atoms with Gasteiger partial charge in [-0.25, -0.2) is 0 Å². The van der Waals surface area contributed by atoms with Crippen LogP contribution >= 0.6 is 23.2 Å². The number of nitrogens with zero attached hydrogens (tertiary/aromatic N) is 2. The monoisotopic (exact) mass is 468 g/mol. The Bertz CT molecular complexity index is 1180. The van der Waals surface area contributed by atoms with Crippen molar-refractivity contribution in [3.05, 3.63) is 93.5 Å². The molecule has 0 atom stereocenters. The summed E-state index contributed by atoms with van der Waals surface area (Å²) >= 11 is 12.2. The largest absolute Gasteiger partial charge is 0.494 e. The number of carbonyl (C=O) groups excluding carboxylic acids is 3. The third-order valence-electron chi connectivity index (χ3n) is 5.03. The molecule has 0 spiro atoms. The SMILES string of the molecule is CCOc1ccc(N(CN2C(=O)c3ccccc3C2=O)C(=O)c2ccc(Cl)cc2Cl)cc1. The van der Waals surface area contributed by atoms with Crippen LogP contribution in [0.4, 0.5) is 5.69 Å². The molecule has 0 fully saturated rings. The molecule has 0 aliphatic carbocycles. The minimum absolute atomic E-state index is 0.167. The second kappa shape index (κ2) is 9.02. The van der Waals surface area contributed by atoms with Gasteiger partial charge in [0.1, 0.15) is 12.4 Å². The van der Waals surface area contributed by atoms with E-state index in [-0.39, 0.29) is 17.3 Å². The van der Waals surface area contributed by atoms with Crippen molar-refractivity contribution >= 4 is 46.6 Å². The standard InChI is InChI=1S/C24H18Cl2N2O4/c1-2-32-17-10-8-16(9-11-17)27(24(31)20-12-7-15(25)13-21(20)26)14-28-22(29)18-5-3-4-6-19(18)23(28)30/h3-13H,2,14H2,1H3. The van der Waals surface area contributed by atoms with Gasteiger partial charge in [0.25, 0.3) is 17.7 Å². The smallest absolute Gasteiger partial charge is 0.263 e. The van der Waals surface area contributed by atoms with Crippen molar-refractivity contribution < 1.29 is 19.1 Å². The van der Waals surface area contributed by atoms with E-state index in [4.69, 9.17) is 27.9 Å². The average molecular weight is 469 g/mol. The highest BCUT2D eigenvalue weighted by atomic mass is 35.5. The molecule has 0 aromatic heterocycles. The quantitative estimate of drug-likeness (QED) is 0.460. The van der Waals surface area contributed by atoms with Crippen LogP contribution in [-0.4, -0.2) is 35.9 Å². The van der Waals surface area contributed by atoms with Crippen LogP contribution in [-0.2, 0) is 0 Å². The van der Waals surface area contributed by atoms with Crippen LogP contribution in [0, 0.1) is 0 Å². The third-order valence-corrected chi connectivity index (χ3v) is 5.57. The zero-order valence-electron chi connectivity index (χ0n) is 17.0. The predicted octanol–water partition coefficient (Wildman–Crippen LogP) is 5.29. The highest BCUT2D eigenvalue weighted by molar-refractivity contribution is 6.37. The lowest BCUT2D eigenvalue weighted by atomic mass is 10.1. The van der Waals surface area contributed by atoms with E-state index in [0.29, 0.717) is 34.2 Å². The predicted molar refractivity (Wildman–Crippen MR) is 123 cm³/mol. The molecule has 0 saturated heterocycles. The van der Waals surface area contributed by atoms with Gasteiger partial charge >= 0.3 is 0 Å². The summed E-state index contributed by atoms with van der Waals surface area (Å²) in [5.74, 6) is -0.769. The van der Waals surface area contributed by atoms with Crippen molar-refractivity contribution in [1.29, 1.82) is 0 Å². The molecule has 0 bridgehead atoms. The second-order valence-corrected chi connectivity index (χ2v) is 7.85. The summed E-state index contributed by atoms with van der Waals surface area (Å²) in [6, 6.07) is 17.9. The van der Waals surface area contributed by atoms with Gasteiger partial charge in [0.2, 0.25) is 0 Å². The molecule has 1 heterocycles. The van der Waals surface area contributed by atoms with Gasteiger partial charge < -0.3 is 4.74 Å². The van der Waals surface area contributed by atoms with Crippen LogP contribution in [0.15, 0.2) is 66.7 Å². The van der Waals surface area contributed by atoms with Crippen molar-refractivity contribution in [3.8, 4) is 5.75 Å². The zero-order valence-corrected chi connectivity index (χ0v) is 18.6. The van der Waals surface area contributed by atoms with Gasteiger partial charge in [-0.1, -0.05) is 35.3 Å².